The van der Waals surface area contributed by atoms with Crippen molar-refractivity contribution < 1.29 is 19.2 Å². The highest BCUT2D eigenvalue weighted by molar-refractivity contribution is 6.07. The Balaban J connectivity index is 1.49. The topological polar surface area (TPSA) is 81.9 Å². The molecule has 152 valence electrons. The summed E-state index contributed by atoms with van der Waals surface area (Å²) in [5, 5.41) is 11.0. The van der Waals surface area contributed by atoms with Gasteiger partial charge in [-0.05, 0) is 48.9 Å². The van der Waals surface area contributed by atoms with Gasteiger partial charge in [-0.2, -0.15) is 0 Å². The average molecular weight is 396 g/mol. The summed E-state index contributed by atoms with van der Waals surface area (Å²) >= 11 is 0. The van der Waals surface area contributed by atoms with E-state index < -0.39 is 4.92 Å². The van der Waals surface area contributed by atoms with E-state index >= 15 is 0 Å². The van der Waals surface area contributed by atoms with Gasteiger partial charge in [0.25, 0.3) is 5.69 Å². The zero-order valence-corrected chi connectivity index (χ0v) is 16.2. The zero-order chi connectivity index (χ0) is 20.5. The molecule has 7 heteroatoms. The second kappa shape index (κ2) is 10.5. The van der Waals surface area contributed by atoms with Crippen molar-refractivity contribution in [2.45, 2.75) is 6.42 Å². The molecule has 2 aromatic rings. The summed E-state index contributed by atoms with van der Waals surface area (Å²) in [4.78, 5) is 25.3. The van der Waals surface area contributed by atoms with Gasteiger partial charge in [0.15, 0.2) is 5.78 Å². The van der Waals surface area contributed by atoms with E-state index in [-0.39, 0.29) is 11.5 Å². The van der Waals surface area contributed by atoms with Crippen molar-refractivity contribution in [2.24, 2.45) is 0 Å². The fourth-order valence-corrected chi connectivity index (χ4v) is 3.07. The Morgan fingerprint density at radius 3 is 2.59 bits per heavy atom. The van der Waals surface area contributed by atoms with Crippen LogP contribution in [0, 0.1) is 10.1 Å². The van der Waals surface area contributed by atoms with Crippen molar-refractivity contribution in [3.05, 3.63) is 75.8 Å². The van der Waals surface area contributed by atoms with E-state index in [0.29, 0.717) is 23.5 Å². The van der Waals surface area contributed by atoms with Gasteiger partial charge < -0.3 is 9.47 Å². The molecule has 0 aliphatic carbocycles. The molecular weight excluding hydrogens is 372 g/mol. The Kier molecular flexibility index (Phi) is 7.49. The maximum absolute atomic E-state index is 12.3. The molecule has 3 rings (SSSR count). The van der Waals surface area contributed by atoms with Crippen molar-refractivity contribution >= 4 is 17.5 Å². The van der Waals surface area contributed by atoms with Crippen LogP contribution in [-0.4, -0.2) is 55.1 Å². The van der Waals surface area contributed by atoms with Gasteiger partial charge in [0.05, 0.1) is 30.3 Å². The van der Waals surface area contributed by atoms with Gasteiger partial charge in [0, 0.05) is 31.3 Å². The van der Waals surface area contributed by atoms with Crippen molar-refractivity contribution in [2.75, 3.05) is 39.5 Å². The molecule has 0 radical (unpaired) electrons. The predicted molar refractivity (Wildman–Crippen MR) is 110 cm³/mol. The number of hydrogen-bond donors (Lipinski definition) is 0. The van der Waals surface area contributed by atoms with Crippen LogP contribution >= 0.6 is 0 Å². The molecule has 1 aliphatic heterocycles. The lowest BCUT2D eigenvalue weighted by atomic mass is 10.1. The Morgan fingerprint density at radius 1 is 1.14 bits per heavy atom. The lowest BCUT2D eigenvalue weighted by Gasteiger charge is -2.26. The second-order valence-electron chi connectivity index (χ2n) is 6.69. The molecule has 0 unspecified atom stereocenters. The van der Waals surface area contributed by atoms with Gasteiger partial charge in [-0.3, -0.25) is 19.8 Å². The number of carbonyl (C=O) groups is 1. The molecule has 0 bridgehead atoms. The number of ketones is 1. The number of nitro groups is 1. The number of nitro benzene ring substituents is 1. The highest BCUT2D eigenvalue weighted by Gasteiger charge is 2.11. The molecule has 0 amide bonds. The van der Waals surface area contributed by atoms with Crippen molar-refractivity contribution in [3.8, 4) is 5.75 Å². The third kappa shape index (κ3) is 6.23. The lowest BCUT2D eigenvalue weighted by Crippen LogP contribution is -2.37. The first kappa shape index (κ1) is 20.7. The standard InChI is InChI=1S/C22H24N2O5/c25-22(11-8-18-4-1-2-5-21(18)24(26)27)19-6-9-20(10-7-19)29-15-3-12-23-13-16-28-17-14-23/h1-2,4-11H,3,12-17H2/b11-8+. The van der Waals surface area contributed by atoms with Crippen molar-refractivity contribution in [1.29, 1.82) is 0 Å². The second-order valence-corrected chi connectivity index (χ2v) is 6.69. The third-order valence-corrected chi connectivity index (χ3v) is 4.68. The van der Waals surface area contributed by atoms with Crippen LogP contribution in [0.25, 0.3) is 6.08 Å². The van der Waals surface area contributed by atoms with Gasteiger partial charge in [-0.25, -0.2) is 0 Å². The molecule has 0 aromatic heterocycles. The van der Waals surface area contributed by atoms with Gasteiger partial charge in [-0.1, -0.05) is 12.1 Å². The van der Waals surface area contributed by atoms with Crippen LogP contribution in [0.4, 0.5) is 5.69 Å². The third-order valence-electron chi connectivity index (χ3n) is 4.68. The van der Waals surface area contributed by atoms with E-state index in [1.807, 2.05) is 0 Å². The molecule has 1 fully saturated rings. The SMILES string of the molecule is O=C(/C=C/c1ccccc1[N+](=O)[O-])c1ccc(OCCCN2CCOCC2)cc1. The summed E-state index contributed by atoms with van der Waals surface area (Å²) in [6.07, 6.45) is 3.75. The first-order valence-electron chi connectivity index (χ1n) is 9.62. The first-order chi connectivity index (χ1) is 14.1. The normalized spacial score (nSPS) is 14.8. The first-order valence-corrected chi connectivity index (χ1v) is 9.62. The summed E-state index contributed by atoms with van der Waals surface area (Å²) in [5.41, 5.74) is 0.865. The molecular formula is C22H24N2O5. The van der Waals surface area contributed by atoms with Gasteiger partial charge in [-0.15, -0.1) is 0 Å². The minimum Gasteiger partial charge on any atom is -0.494 e. The molecule has 1 aliphatic rings. The van der Waals surface area contributed by atoms with Crippen molar-refractivity contribution in [3.63, 3.8) is 0 Å². The molecule has 0 atom stereocenters. The fourth-order valence-electron chi connectivity index (χ4n) is 3.07. The highest BCUT2D eigenvalue weighted by Crippen LogP contribution is 2.20. The van der Waals surface area contributed by atoms with Crippen molar-refractivity contribution in [1.82, 2.24) is 4.90 Å². The summed E-state index contributed by atoms with van der Waals surface area (Å²) in [6.45, 7) is 5.12. The Labute approximate surface area is 169 Å². The van der Waals surface area contributed by atoms with E-state index in [9.17, 15) is 14.9 Å². The molecule has 7 nitrogen and oxygen atoms in total. The lowest BCUT2D eigenvalue weighted by molar-refractivity contribution is -0.385. The molecule has 29 heavy (non-hydrogen) atoms. The van der Waals surface area contributed by atoms with Crippen LogP contribution in [0.2, 0.25) is 0 Å². The number of para-hydroxylation sites is 1. The molecule has 0 spiro atoms. The van der Waals surface area contributed by atoms with E-state index in [0.717, 1.165) is 39.3 Å². The number of carbonyl (C=O) groups excluding carboxylic acids is 1. The summed E-state index contributed by atoms with van der Waals surface area (Å²) in [5.74, 6) is 0.494. The number of morpholine rings is 1. The van der Waals surface area contributed by atoms with Crippen LogP contribution in [-0.2, 0) is 4.74 Å². The quantitative estimate of drug-likeness (QED) is 0.212. The smallest absolute Gasteiger partial charge is 0.276 e. The number of ether oxygens (including phenoxy) is 2. The summed E-state index contributed by atoms with van der Waals surface area (Å²) in [7, 11) is 0. The highest BCUT2D eigenvalue weighted by atomic mass is 16.6. The predicted octanol–water partition coefficient (Wildman–Crippen LogP) is 3.59. The van der Waals surface area contributed by atoms with Gasteiger partial charge in [0.2, 0.25) is 0 Å². The number of nitrogens with zero attached hydrogens (tertiary/aromatic N) is 2. The summed E-state index contributed by atoms with van der Waals surface area (Å²) < 4.78 is 11.1. The molecule has 0 saturated carbocycles. The van der Waals surface area contributed by atoms with E-state index in [1.165, 1.54) is 18.2 Å². The van der Waals surface area contributed by atoms with E-state index in [4.69, 9.17) is 9.47 Å². The number of allylic oxidation sites excluding steroid dienone is 1. The molecule has 0 N–H and O–H groups in total. The minimum absolute atomic E-state index is 0.0302. The van der Waals surface area contributed by atoms with Crippen LogP contribution in [0.1, 0.15) is 22.3 Å². The fraction of sp³-hybridized carbons (Fsp3) is 0.318. The van der Waals surface area contributed by atoms with Crippen LogP contribution in [0.5, 0.6) is 5.75 Å². The maximum Gasteiger partial charge on any atom is 0.276 e. The van der Waals surface area contributed by atoms with Crippen LogP contribution in [0.3, 0.4) is 0 Å². The Hall–Kier alpha value is -3.03. The van der Waals surface area contributed by atoms with Crippen LogP contribution in [0.15, 0.2) is 54.6 Å². The molecule has 2 aromatic carbocycles. The maximum atomic E-state index is 12.3. The average Bonchev–Trinajstić information content (AvgIpc) is 2.76. The Morgan fingerprint density at radius 2 is 1.86 bits per heavy atom. The number of rotatable bonds is 9. The van der Waals surface area contributed by atoms with Crippen LogP contribution < -0.4 is 4.74 Å². The van der Waals surface area contributed by atoms with E-state index in [2.05, 4.69) is 4.90 Å². The largest absolute Gasteiger partial charge is 0.494 e. The minimum atomic E-state index is -0.463. The van der Waals surface area contributed by atoms with E-state index in [1.54, 1.807) is 42.5 Å². The van der Waals surface area contributed by atoms with Gasteiger partial charge >= 0.3 is 0 Å². The van der Waals surface area contributed by atoms with Gasteiger partial charge in [0.1, 0.15) is 5.75 Å². The summed E-state index contributed by atoms with van der Waals surface area (Å²) in [6, 6.07) is 13.2. The zero-order valence-electron chi connectivity index (χ0n) is 16.2. The molecule has 1 saturated heterocycles. The monoisotopic (exact) mass is 396 g/mol. The Bertz CT molecular complexity index is 858. The molecule has 1 heterocycles. The number of hydrogen-bond acceptors (Lipinski definition) is 6. The number of benzene rings is 2.